The first-order chi connectivity index (χ1) is 13.9. The Bertz CT molecular complexity index is 999. The SMILES string of the molecule is CCN(CC)S(=O)(=O)c1cc(C(=O)N(C)Cc2ccc(C(F)(F)F)cc2)ccc1C. The van der Waals surface area contributed by atoms with E-state index in [9.17, 15) is 26.4 Å². The molecule has 0 unspecified atom stereocenters. The van der Waals surface area contributed by atoms with Crippen molar-refractivity contribution in [1.82, 2.24) is 9.21 Å². The van der Waals surface area contributed by atoms with Crippen LogP contribution in [0.2, 0.25) is 0 Å². The summed E-state index contributed by atoms with van der Waals surface area (Å²) in [5.74, 6) is -0.425. The summed E-state index contributed by atoms with van der Waals surface area (Å²) in [6.07, 6.45) is -4.42. The monoisotopic (exact) mass is 442 g/mol. The van der Waals surface area contributed by atoms with Gasteiger partial charge in [0.15, 0.2) is 0 Å². The molecule has 0 saturated heterocycles. The van der Waals surface area contributed by atoms with Crippen LogP contribution in [0.1, 0.15) is 40.9 Å². The Kier molecular flexibility index (Phi) is 7.31. The van der Waals surface area contributed by atoms with Gasteiger partial charge in [-0.15, -0.1) is 0 Å². The lowest BCUT2D eigenvalue weighted by Crippen LogP contribution is -2.31. The van der Waals surface area contributed by atoms with Crippen LogP contribution in [0.3, 0.4) is 0 Å². The minimum Gasteiger partial charge on any atom is -0.337 e. The van der Waals surface area contributed by atoms with Gasteiger partial charge in [-0.25, -0.2) is 8.42 Å². The Morgan fingerprint density at radius 2 is 1.57 bits per heavy atom. The third kappa shape index (κ3) is 5.20. The minimum atomic E-state index is -4.42. The second-order valence-electron chi connectivity index (χ2n) is 6.93. The molecule has 0 aliphatic heterocycles. The number of nitrogens with zero attached hydrogens (tertiary/aromatic N) is 2. The van der Waals surface area contributed by atoms with E-state index < -0.39 is 27.7 Å². The van der Waals surface area contributed by atoms with Crippen molar-refractivity contribution in [3.8, 4) is 0 Å². The van der Waals surface area contributed by atoms with Crippen molar-refractivity contribution in [1.29, 1.82) is 0 Å². The standard InChI is InChI=1S/C21H25F3N2O3S/c1-5-26(6-2)30(28,29)19-13-17(10-7-15(19)3)20(27)25(4)14-16-8-11-18(12-9-16)21(22,23)24/h7-13H,5-6,14H2,1-4H3. The highest BCUT2D eigenvalue weighted by Gasteiger charge is 2.30. The molecule has 30 heavy (non-hydrogen) atoms. The van der Waals surface area contributed by atoms with Crippen molar-refractivity contribution in [2.45, 2.75) is 38.4 Å². The van der Waals surface area contributed by atoms with Gasteiger partial charge in [-0.3, -0.25) is 4.79 Å². The fourth-order valence-electron chi connectivity index (χ4n) is 3.08. The maximum absolute atomic E-state index is 12.9. The van der Waals surface area contributed by atoms with Gasteiger partial charge in [-0.2, -0.15) is 17.5 Å². The molecule has 0 radical (unpaired) electrons. The predicted octanol–water partition coefficient (Wildman–Crippen LogP) is 4.32. The highest BCUT2D eigenvalue weighted by molar-refractivity contribution is 7.89. The molecule has 5 nitrogen and oxygen atoms in total. The lowest BCUT2D eigenvalue weighted by molar-refractivity contribution is -0.137. The zero-order valence-corrected chi connectivity index (χ0v) is 18.1. The summed E-state index contributed by atoms with van der Waals surface area (Å²) in [6, 6.07) is 9.05. The molecule has 0 heterocycles. The minimum absolute atomic E-state index is 0.0694. The van der Waals surface area contributed by atoms with E-state index in [-0.39, 0.29) is 17.0 Å². The molecule has 0 spiro atoms. The summed E-state index contributed by atoms with van der Waals surface area (Å²) in [6.45, 7) is 5.85. The van der Waals surface area contributed by atoms with Crippen LogP contribution in [-0.2, 0) is 22.7 Å². The van der Waals surface area contributed by atoms with Crippen LogP contribution in [0.15, 0.2) is 47.4 Å². The Hall–Kier alpha value is -2.39. The zero-order valence-electron chi connectivity index (χ0n) is 17.3. The first kappa shape index (κ1) is 23.9. The number of sulfonamides is 1. The number of carbonyl (C=O) groups excluding carboxylic acids is 1. The number of amides is 1. The smallest absolute Gasteiger partial charge is 0.337 e. The van der Waals surface area contributed by atoms with E-state index in [4.69, 9.17) is 0 Å². The van der Waals surface area contributed by atoms with E-state index in [1.54, 1.807) is 32.9 Å². The maximum atomic E-state index is 12.9. The highest BCUT2D eigenvalue weighted by Crippen LogP contribution is 2.29. The van der Waals surface area contributed by atoms with Gasteiger partial charge in [0.1, 0.15) is 0 Å². The summed E-state index contributed by atoms with van der Waals surface area (Å²) in [5, 5.41) is 0. The third-order valence-electron chi connectivity index (χ3n) is 4.81. The molecule has 2 rings (SSSR count). The molecule has 2 aromatic rings. The van der Waals surface area contributed by atoms with Gasteiger partial charge < -0.3 is 4.90 Å². The Morgan fingerprint density at radius 1 is 1.00 bits per heavy atom. The van der Waals surface area contributed by atoms with Crippen molar-refractivity contribution in [2.24, 2.45) is 0 Å². The third-order valence-corrected chi connectivity index (χ3v) is 7.00. The molecule has 164 valence electrons. The van der Waals surface area contributed by atoms with Crippen molar-refractivity contribution in [2.75, 3.05) is 20.1 Å². The van der Waals surface area contributed by atoms with Crippen LogP contribution < -0.4 is 0 Å². The fraction of sp³-hybridized carbons (Fsp3) is 0.381. The van der Waals surface area contributed by atoms with Gasteiger partial charge in [0.2, 0.25) is 10.0 Å². The quantitative estimate of drug-likeness (QED) is 0.642. The second kappa shape index (κ2) is 9.18. The largest absolute Gasteiger partial charge is 0.416 e. The van der Waals surface area contributed by atoms with Gasteiger partial charge in [0, 0.05) is 32.2 Å². The molecule has 2 aromatic carbocycles. The number of carbonyl (C=O) groups is 1. The van der Waals surface area contributed by atoms with E-state index in [1.165, 1.54) is 34.5 Å². The van der Waals surface area contributed by atoms with E-state index >= 15 is 0 Å². The highest BCUT2D eigenvalue weighted by atomic mass is 32.2. The number of hydrogen-bond donors (Lipinski definition) is 0. The molecular formula is C21H25F3N2O3S. The molecule has 0 aromatic heterocycles. The van der Waals surface area contributed by atoms with E-state index in [2.05, 4.69) is 0 Å². The number of benzene rings is 2. The van der Waals surface area contributed by atoms with Crippen molar-refractivity contribution in [3.05, 3.63) is 64.7 Å². The molecule has 0 aliphatic carbocycles. The summed E-state index contributed by atoms with van der Waals surface area (Å²) in [5.41, 5.74) is 0.497. The van der Waals surface area contributed by atoms with Gasteiger partial charge in [-0.05, 0) is 42.3 Å². The van der Waals surface area contributed by atoms with E-state index in [1.807, 2.05) is 0 Å². The number of alkyl halides is 3. The molecule has 0 fully saturated rings. The van der Waals surface area contributed by atoms with Crippen molar-refractivity contribution < 1.29 is 26.4 Å². The van der Waals surface area contributed by atoms with E-state index in [0.29, 0.717) is 24.2 Å². The van der Waals surface area contributed by atoms with Crippen LogP contribution in [-0.4, -0.2) is 43.7 Å². The van der Waals surface area contributed by atoms with Gasteiger partial charge in [0.05, 0.1) is 10.5 Å². The summed E-state index contributed by atoms with van der Waals surface area (Å²) in [7, 11) is -2.22. The van der Waals surface area contributed by atoms with Crippen LogP contribution >= 0.6 is 0 Å². The van der Waals surface area contributed by atoms with Crippen molar-refractivity contribution >= 4 is 15.9 Å². The number of halogens is 3. The van der Waals surface area contributed by atoms with Gasteiger partial charge in [-0.1, -0.05) is 32.0 Å². The molecule has 0 aliphatic rings. The van der Waals surface area contributed by atoms with Gasteiger partial charge in [0.25, 0.3) is 5.91 Å². The molecule has 0 saturated carbocycles. The molecule has 0 bridgehead atoms. The Balaban J connectivity index is 2.26. The van der Waals surface area contributed by atoms with Crippen LogP contribution in [0.5, 0.6) is 0 Å². The number of rotatable bonds is 7. The second-order valence-corrected chi connectivity index (χ2v) is 8.83. The molecule has 1 amide bonds. The topological polar surface area (TPSA) is 57.7 Å². The van der Waals surface area contributed by atoms with Crippen LogP contribution in [0.25, 0.3) is 0 Å². The average molecular weight is 443 g/mol. The number of hydrogen-bond acceptors (Lipinski definition) is 3. The normalized spacial score (nSPS) is 12.3. The molecule has 9 heteroatoms. The van der Waals surface area contributed by atoms with Crippen molar-refractivity contribution in [3.63, 3.8) is 0 Å². The fourth-order valence-corrected chi connectivity index (χ4v) is 4.79. The van der Waals surface area contributed by atoms with Gasteiger partial charge >= 0.3 is 6.18 Å². The summed E-state index contributed by atoms with van der Waals surface area (Å²) in [4.78, 5) is 14.2. The zero-order chi connectivity index (χ0) is 22.7. The summed E-state index contributed by atoms with van der Waals surface area (Å²) < 4.78 is 65.1. The first-order valence-electron chi connectivity index (χ1n) is 9.44. The molecular weight excluding hydrogens is 417 g/mol. The van der Waals surface area contributed by atoms with E-state index in [0.717, 1.165) is 12.1 Å². The Morgan fingerprint density at radius 3 is 2.07 bits per heavy atom. The molecule has 0 N–H and O–H groups in total. The summed E-state index contributed by atoms with van der Waals surface area (Å²) >= 11 is 0. The molecule has 0 atom stereocenters. The first-order valence-corrected chi connectivity index (χ1v) is 10.9. The maximum Gasteiger partial charge on any atom is 0.416 e. The number of aryl methyl sites for hydroxylation is 1. The average Bonchev–Trinajstić information content (AvgIpc) is 2.68. The Labute approximate surface area is 175 Å². The lowest BCUT2D eigenvalue weighted by Gasteiger charge is -2.21. The lowest BCUT2D eigenvalue weighted by atomic mass is 10.1. The van der Waals surface area contributed by atoms with Crippen LogP contribution in [0, 0.1) is 6.92 Å². The predicted molar refractivity (Wildman–Crippen MR) is 109 cm³/mol. The van der Waals surface area contributed by atoms with Crippen LogP contribution in [0.4, 0.5) is 13.2 Å².